The summed E-state index contributed by atoms with van der Waals surface area (Å²) in [7, 11) is 0. The zero-order valence-electron chi connectivity index (χ0n) is 38.7. The number of fused-ring (bicyclic) bond motifs is 15. The van der Waals surface area contributed by atoms with Crippen LogP contribution in [0.1, 0.15) is 77.6 Å². The second kappa shape index (κ2) is 12.6. The van der Waals surface area contributed by atoms with Gasteiger partial charge in [0, 0.05) is 66.6 Å². The molecule has 2 aliphatic heterocycles. The Morgan fingerprint density at radius 2 is 1.23 bits per heavy atom. The van der Waals surface area contributed by atoms with E-state index >= 15 is 0 Å². The van der Waals surface area contributed by atoms with Crippen LogP contribution in [0.4, 0.5) is 11.4 Å². The number of furan rings is 2. The van der Waals surface area contributed by atoms with Crippen LogP contribution in [-0.4, -0.2) is 11.4 Å². The van der Waals surface area contributed by atoms with Gasteiger partial charge in [0.05, 0.1) is 11.0 Å². The van der Waals surface area contributed by atoms with E-state index < -0.39 is 0 Å². The van der Waals surface area contributed by atoms with Crippen LogP contribution < -0.4 is 15.7 Å². The van der Waals surface area contributed by atoms with Gasteiger partial charge in [0.1, 0.15) is 22.5 Å². The maximum atomic E-state index is 6.87. The SMILES string of the molecule is CC(C)(C)c1ccc(N2B3c4cc5cc(-c6ccccc6)oc5cc4-n4c5cc6c(cc5c5ccc(c3c54)-c3cc4oc5cc(C(C)(C)C)ccc5c4cc32)C(C)(C)c2ccccc2-6)cc1. The summed E-state index contributed by atoms with van der Waals surface area (Å²) >= 11 is 0. The van der Waals surface area contributed by atoms with Crippen molar-refractivity contribution in [1.82, 2.24) is 4.57 Å². The highest BCUT2D eigenvalue weighted by Crippen LogP contribution is 2.53. The maximum Gasteiger partial charge on any atom is 0.333 e. The van der Waals surface area contributed by atoms with Crippen molar-refractivity contribution in [2.75, 3.05) is 4.81 Å². The zero-order chi connectivity index (χ0) is 44.8. The van der Waals surface area contributed by atoms with Crippen molar-refractivity contribution in [3.63, 3.8) is 0 Å². The summed E-state index contributed by atoms with van der Waals surface area (Å²) in [4.78, 5) is 2.63. The van der Waals surface area contributed by atoms with Crippen LogP contribution in [0.3, 0.4) is 0 Å². The third kappa shape index (κ3) is 5.01. The van der Waals surface area contributed by atoms with Gasteiger partial charge < -0.3 is 18.2 Å². The summed E-state index contributed by atoms with van der Waals surface area (Å²) in [5.74, 6) is 0.873. The molecule has 0 atom stereocenters. The van der Waals surface area contributed by atoms with Crippen LogP contribution in [0.25, 0.3) is 94.0 Å². The molecule has 11 aromatic rings. The molecule has 14 rings (SSSR count). The lowest BCUT2D eigenvalue weighted by Crippen LogP contribution is -2.60. The predicted octanol–water partition coefficient (Wildman–Crippen LogP) is 15.2. The van der Waals surface area contributed by atoms with Crippen LogP contribution in [0.5, 0.6) is 0 Å². The quantitative estimate of drug-likeness (QED) is 0.163. The minimum Gasteiger partial charge on any atom is -0.456 e. The summed E-state index contributed by atoms with van der Waals surface area (Å²) < 4.78 is 16.3. The third-order valence-corrected chi connectivity index (χ3v) is 15.5. The Kier molecular flexibility index (Phi) is 7.24. The van der Waals surface area contributed by atoms with Gasteiger partial charge in [-0.15, -0.1) is 0 Å². The minimum absolute atomic E-state index is 0.00258. The molecule has 0 radical (unpaired) electrons. The standard InChI is InChI=1S/C61H49BN2O2/c1-59(2,3)36-18-21-38(22-19-36)64-51-31-46-40-23-20-37(60(4,5)6)28-55(40)66-56(46)32-45(51)41-24-25-42-44-29-48-43(39-16-12-13-17-47(39)61(48,7)8)30-50(44)63-52-33-54-35(26-49(52)62(64)57(41)58(42)63)27-53(65-54)34-14-10-9-11-15-34/h9-33H,1-8H3. The second-order valence-corrected chi connectivity index (χ2v) is 21.8. The molecule has 1 aliphatic carbocycles. The summed E-state index contributed by atoms with van der Waals surface area (Å²) in [6, 6.07) is 57.1. The fraction of sp³-hybridized carbons (Fsp3) is 0.180. The van der Waals surface area contributed by atoms with Gasteiger partial charge in [-0.3, -0.25) is 0 Å². The first-order chi connectivity index (χ1) is 31.7. The van der Waals surface area contributed by atoms with E-state index in [1.807, 2.05) is 0 Å². The van der Waals surface area contributed by atoms with Crippen LogP contribution in [0.2, 0.25) is 0 Å². The molecule has 4 nitrogen and oxygen atoms in total. The van der Waals surface area contributed by atoms with E-state index in [0.29, 0.717) is 0 Å². The average molecular weight is 853 g/mol. The molecule has 8 aromatic carbocycles. The molecule has 0 amide bonds. The van der Waals surface area contributed by atoms with Gasteiger partial charge >= 0.3 is 6.85 Å². The zero-order valence-corrected chi connectivity index (χ0v) is 38.7. The van der Waals surface area contributed by atoms with E-state index in [-0.39, 0.29) is 23.1 Å². The third-order valence-electron chi connectivity index (χ3n) is 15.5. The monoisotopic (exact) mass is 852 g/mol. The first-order valence-electron chi connectivity index (χ1n) is 23.5. The molecule has 0 unspecified atom stereocenters. The maximum absolute atomic E-state index is 6.87. The van der Waals surface area contributed by atoms with Crippen molar-refractivity contribution in [3.05, 3.63) is 174 Å². The number of aromatic nitrogens is 1. The summed E-state index contributed by atoms with van der Waals surface area (Å²) in [6.07, 6.45) is 0. The van der Waals surface area contributed by atoms with Gasteiger partial charge in [-0.2, -0.15) is 0 Å². The van der Waals surface area contributed by atoms with Crippen molar-refractivity contribution in [2.45, 2.75) is 71.6 Å². The van der Waals surface area contributed by atoms with E-state index in [1.165, 1.54) is 82.9 Å². The Morgan fingerprint density at radius 1 is 0.500 bits per heavy atom. The number of nitrogens with zero attached hydrogens (tertiary/aromatic N) is 2. The van der Waals surface area contributed by atoms with E-state index in [9.17, 15) is 0 Å². The molecule has 0 N–H and O–H groups in total. The molecule has 5 heterocycles. The number of hydrogen-bond donors (Lipinski definition) is 0. The normalized spacial score (nSPS) is 14.7. The van der Waals surface area contributed by atoms with E-state index in [4.69, 9.17) is 8.83 Å². The lowest BCUT2D eigenvalue weighted by Gasteiger charge is -2.42. The molecule has 5 heteroatoms. The van der Waals surface area contributed by atoms with Gasteiger partial charge in [0.2, 0.25) is 0 Å². The van der Waals surface area contributed by atoms with Crippen molar-refractivity contribution >= 4 is 83.9 Å². The van der Waals surface area contributed by atoms with Crippen LogP contribution in [0.15, 0.2) is 160 Å². The number of benzene rings is 8. The molecule has 3 aromatic heterocycles. The van der Waals surface area contributed by atoms with Crippen LogP contribution in [0, 0.1) is 0 Å². The first-order valence-corrected chi connectivity index (χ1v) is 23.5. The molecular formula is C61H49BN2O2. The smallest absolute Gasteiger partial charge is 0.333 e. The Bertz CT molecular complexity index is 3920. The Morgan fingerprint density at radius 3 is 2.02 bits per heavy atom. The number of hydrogen-bond acceptors (Lipinski definition) is 3. The van der Waals surface area contributed by atoms with E-state index in [2.05, 4.69) is 216 Å². The van der Waals surface area contributed by atoms with Crippen LogP contribution in [-0.2, 0) is 16.2 Å². The summed E-state index contributed by atoms with van der Waals surface area (Å²) in [5.41, 5.74) is 22.6. The Balaban J connectivity index is 1.12. The molecule has 0 spiro atoms. The highest BCUT2D eigenvalue weighted by Gasteiger charge is 2.45. The van der Waals surface area contributed by atoms with Gasteiger partial charge in [0.25, 0.3) is 0 Å². The molecule has 66 heavy (non-hydrogen) atoms. The van der Waals surface area contributed by atoms with E-state index in [1.54, 1.807) is 0 Å². The fourth-order valence-corrected chi connectivity index (χ4v) is 12.0. The molecular weight excluding hydrogens is 803 g/mol. The lowest BCUT2D eigenvalue weighted by molar-refractivity contribution is 0.587. The molecule has 0 saturated carbocycles. The summed E-state index contributed by atoms with van der Waals surface area (Å²) in [6.45, 7) is 18.3. The summed E-state index contributed by atoms with van der Waals surface area (Å²) in [5, 5.41) is 5.91. The molecule has 0 bridgehead atoms. The highest BCUT2D eigenvalue weighted by molar-refractivity contribution is 6.94. The highest BCUT2D eigenvalue weighted by atomic mass is 16.3. The van der Waals surface area contributed by atoms with Crippen LogP contribution >= 0.6 is 0 Å². The second-order valence-electron chi connectivity index (χ2n) is 21.8. The largest absolute Gasteiger partial charge is 0.456 e. The molecule has 318 valence electrons. The minimum atomic E-state index is -0.143. The molecule has 0 saturated heterocycles. The topological polar surface area (TPSA) is 34.5 Å². The molecule has 3 aliphatic rings. The van der Waals surface area contributed by atoms with Crippen molar-refractivity contribution in [3.8, 4) is 39.3 Å². The average Bonchev–Trinajstić information content (AvgIpc) is 4.04. The van der Waals surface area contributed by atoms with Gasteiger partial charge in [0.15, 0.2) is 0 Å². The van der Waals surface area contributed by atoms with Gasteiger partial charge in [-0.1, -0.05) is 152 Å². The number of anilines is 2. The Labute approximate surface area is 385 Å². The van der Waals surface area contributed by atoms with Crippen molar-refractivity contribution < 1.29 is 8.83 Å². The first kappa shape index (κ1) is 38.1. The van der Waals surface area contributed by atoms with Gasteiger partial charge in [-0.25, -0.2) is 0 Å². The predicted molar refractivity (Wildman–Crippen MR) is 277 cm³/mol. The van der Waals surface area contributed by atoms with E-state index in [0.717, 1.165) is 55.6 Å². The Hall–Kier alpha value is -7.24. The van der Waals surface area contributed by atoms with Gasteiger partial charge in [-0.05, 0) is 109 Å². The lowest BCUT2D eigenvalue weighted by atomic mass is 9.44. The number of rotatable bonds is 2. The fourth-order valence-electron chi connectivity index (χ4n) is 12.0. The van der Waals surface area contributed by atoms with Crippen molar-refractivity contribution in [2.24, 2.45) is 0 Å². The molecule has 0 fully saturated rings. The van der Waals surface area contributed by atoms with Crippen molar-refractivity contribution in [1.29, 1.82) is 0 Å².